The maximum Gasteiger partial charge on any atom is 0.140 e. The minimum absolute atomic E-state index is 0.839. The first-order valence-electron chi connectivity index (χ1n) is 7.63. The fraction of sp³-hybridized carbons (Fsp3) is 0.857. The molecule has 2 heterocycles. The summed E-state index contributed by atoms with van der Waals surface area (Å²) in [5, 5.41) is 7.70. The van der Waals surface area contributed by atoms with Gasteiger partial charge in [0, 0.05) is 13.1 Å². The average molecular weight is 265 g/mol. The third-order valence-electron chi connectivity index (χ3n) is 3.88. The normalized spacial score (nSPS) is 17.2. The summed E-state index contributed by atoms with van der Waals surface area (Å²) in [5.41, 5.74) is 0. The molecule has 0 radical (unpaired) electrons. The molecule has 1 fully saturated rings. The molecule has 19 heavy (non-hydrogen) atoms. The van der Waals surface area contributed by atoms with Crippen molar-refractivity contribution in [2.24, 2.45) is 5.92 Å². The predicted molar refractivity (Wildman–Crippen MR) is 76.9 cm³/mol. The molecule has 1 aliphatic heterocycles. The molecule has 5 nitrogen and oxygen atoms in total. The van der Waals surface area contributed by atoms with Crippen molar-refractivity contribution in [1.29, 1.82) is 0 Å². The van der Waals surface area contributed by atoms with Gasteiger partial charge in [0.1, 0.15) is 12.2 Å². The predicted octanol–water partition coefficient (Wildman–Crippen LogP) is 1.51. The summed E-state index contributed by atoms with van der Waals surface area (Å²) in [6, 6.07) is 0. The van der Waals surface area contributed by atoms with Crippen molar-refractivity contribution < 1.29 is 0 Å². The SMILES string of the molecule is CCCN(Cc1ncnn1CC)CC1CCNCC1. The first-order valence-corrected chi connectivity index (χ1v) is 7.63. The van der Waals surface area contributed by atoms with Gasteiger partial charge in [-0.25, -0.2) is 9.67 Å². The van der Waals surface area contributed by atoms with Crippen LogP contribution in [-0.2, 0) is 13.1 Å². The number of hydrogen-bond acceptors (Lipinski definition) is 4. The fourth-order valence-electron chi connectivity index (χ4n) is 2.86. The topological polar surface area (TPSA) is 46.0 Å². The molecule has 5 heteroatoms. The number of aryl methyl sites for hydroxylation is 1. The van der Waals surface area contributed by atoms with E-state index in [2.05, 4.69) is 34.1 Å². The molecule has 0 spiro atoms. The van der Waals surface area contributed by atoms with E-state index >= 15 is 0 Å². The van der Waals surface area contributed by atoms with Crippen molar-refractivity contribution in [2.45, 2.75) is 46.2 Å². The zero-order valence-corrected chi connectivity index (χ0v) is 12.3. The van der Waals surface area contributed by atoms with Crippen LogP contribution < -0.4 is 5.32 Å². The molecular formula is C14H27N5. The van der Waals surface area contributed by atoms with Crippen LogP contribution in [-0.4, -0.2) is 45.8 Å². The van der Waals surface area contributed by atoms with Crippen molar-refractivity contribution in [1.82, 2.24) is 25.0 Å². The van der Waals surface area contributed by atoms with E-state index in [1.165, 1.54) is 38.9 Å². The Hall–Kier alpha value is -0.940. The van der Waals surface area contributed by atoms with E-state index in [4.69, 9.17) is 0 Å². The highest BCUT2D eigenvalue weighted by atomic mass is 15.3. The lowest BCUT2D eigenvalue weighted by Gasteiger charge is -2.29. The largest absolute Gasteiger partial charge is 0.317 e. The highest BCUT2D eigenvalue weighted by Crippen LogP contribution is 2.15. The number of nitrogens with zero attached hydrogens (tertiary/aromatic N) is 4. The summed E-state index contributed by atoms with van der Waals surface area (Å²) in [7, 11) is 0. The van der Waals surface area contributed by atoms with Crippen LogP contribution in [0.5, 0.6) is 0 Å². The molecule has 1 aromatic rings. The molecule has 0 bridgehead atoms. The molecule has 1 aromatic heterocycles. The van der Waals surface area contributed by atoms with Crippen LogP contribution in [0.4, 0.5) is 0 Å². The summed E-state index contributed by atoms with van der Waals surface area (Å²) in [5.74, 6) is 1.94. The molecule has 2 rings (SSSR count). The number of aromatic nitrogens is 3. The third kappa shape index (κ3) is 4.28. The lowest BCUT2D eigenvalue weighted by molar-refractivity contribution is 0.192. The Morgan fingerprint density at radius 1 is 1.37 bits per heavy atom. The number of nitrogens with one attached hydrogen (secondary N) is 1. The van der Waals surface area contributed by atoms with Gasteiger partial charge in [0.25, 0.3) is 0 Å². The first kappa shape index (κ1) is 14.5. The van der Waals surface area contributed by atoms with Gasteiger partial charge in [-0.1, -0.05) is 6.92 Å². The van der Waals surface area contributed by atoms with Gasteiger partial charge in [-0.2, -0.15) is 5.10 Å². The van der Waals surface area contributed by atoms with E-state index in [1.807, 2.05) is 4.68 Å². The van der Waals surface area contributed by atoms with E-state index in [9.17, 15) is 0 Å². The van der Waals surface area contributed by atoms with Crippen molar-refractivity contribution in [3.63, 3.8) is 0 Å². The number of piperidine rings is 1. The van der Waals surface area contributed by atoms with Crippen LogP contribution in [0.3, 0.4) is 0 Å². The Morgan fingerprint density at radius 2 is 2.16 bits per heavy atom. The van der Waals surface area contributed by atoms with Gasteiger partial charge >= 0.3 is 0 Å². The Balaban J connectivity index is 1.91. The van der Waals surface area contributed by atoms with Crippen molar-refractivity contribution >= 4 is 0 Å². The molecule has 0 atom stereocenters. The Morgan fingerprint density at radius 3 is 2.84 bits per heavy atom. The summed E-state index contributed by atoms with van der Waals surface area (Å²) in [6.07, 6.45) is 5.49. The molecule has 0 unspecified atom stereocenters. The first-order chi connectivity index (χ1) is 9.33. The number of hydrogen-bond donors (Lipinski definition) is 1. The van der Waals surface area contributed by atoms with Gasteiger partial charge in [0.05, 0.1) is 6.54 Å². The van der Waals surface area contributed by atoms with Crippen LogP contribution in [0.25, 0.3) is 0 Å². The molecule has 0 amide bonds. The third-order valence-corrected chi connectivity index (χ3v) is 3.88. The second-order valence-corrected chi connectivity index (χ2v) is 5.42. The molecule has 0 aliphatic carbocycles. The fourth-order valence-corrected chi connectivity index (χ4v) is 2.86. The van der Waals surface area contributed by atoms with Gasteiger partial charge in [0.15, 0.2) is 0 Å². The summed E-state index contributed by atoms with van der Waals surface area (Å²) in [4.78, 5) is 6.95. The lowest BCUT2D eigenvalue weighted by atomic mass is 9.97. The Labute approximate surface area is 116 Å². The summed E-state index contributed by atoms with van der Waals surface area (Å²) >= 11 is 0. The average Bonchev–Trinajstić information content (AvgIpc) is 2.87. The lowest BCUT2D eigenvalue weighted by Crippen LogP contribution is -2.36. The summed E-state index contributed by atoms with van der Waals surface area (Å²) < 4.78 is 2.01. The van der Waals surface area contributed by atoms with Crippen LogP contribution >= 0.6 is 0 Å². The van der Waals surface area contributed by atoms with Crippen molar-refractivity contribution in [3.8, 4) is 0 Å². The molecule has 0 aromatic carbocycles. The Kier molecular flexibility index (Phi) is 5.79. The number of rotatable bonds is 7. The van der Waals surface area contributed by atoms with E-state index in [0.29, 0.717) is 0 Å². The standard InChI is InChI=1S/C14H27N5/c1-3-9-18(10-13-5-7-15-8-6-13)11-14-16-12-17-19(14)4-2/h12-13,15H,3-11H2,1-2H3. The van der Waals surface area contributed by atoms with Crippen LogP contribution in [0, 0.1) is 5.92 Å². The van der Waals surface area contributed by atoms with E-state index in [-0.39, 0.29) is 0 Å². The molecule has 0 saturated carbocycles. The summed E-state index contributed by atoms with van der Waals surface area (Å²) in [6.45, 7) is 10.9. The zero-order valence-electron chi connectivity index (χ0n) is 12.3. The van der Waals surface area contributed by atoms with Gasteiger partial charge in [-0.3, -0.25) is 4.90 Å². The van der Waals surface area contributed by atoms with Crippen molar-refractivity contribution in [2.75, 3.05) is 26.2 Å². The van der Waals surface area contributed by atoms with Gasteiger partial charge in [-0.05, 0) is 51.7 Å². The van der Waals surface area contributed by atoms with Crippen LogP contribution in [0.15, 0.2) is 6.33 Å². The second-order valence-electron chi connectivity index (χ2n) is 5.42. The highest BCUT2D eigenvalue weighted by molar-refractivity contribution is 4.85. The minimum atomic E-state index is 0.839. The maximum atomic E-state index is 4.40. The van der Waals surface area contributed by atoms with E-state index in [0.717, 1.165) is 31.4 Å². The second kappa shape index (κ2) is 7.60. The molecule has 1 saturated heterocycles. The van der Waals surface area contributed by atoms with E-state index < -0.39 is 0 Å². The molecular weight excluding hydrogens is 238 g/mol. The van der Waals surface area contributed by atoms with Crippen molar-refractivity contribution in [3.05, 3.63) is 12.2 Å². The van der Waals surface area contributed by atoms with Crippen LogP contribution in [0.1, 0.15) is 38.9 Å². The van der Waals surface area contributed by atoms with Gasteiger partial charge in [0.2, 0.25) is 0 Å². The van der Waals surface area contributed by atoms with Gasteiger partial charge < -0.3 is 5.32 Å². The molecule has 1 N–H and O–H groups in total. The highest BCUT2D eigenvalue weighted by Gasteiger charge is 2.18. The smallest absolute Gasteiger partial charge is 0.140 e. The monoisotopic (exact) mass is 265 g/mol. The van der Waals surface area contributed by atoms with Crippen LogP contribution in [0.2, 0.25) is 0 Å². The minimum Gasteiger partial charge on any atom is -0.317 e. The van der Waals surface area contributed by atoms with Gasteiger partial charge in [-0.15, -0.1) is 0 Å². The quantitative estimate of drug-likeness (QED) is 0.812. The van der Waals surface area contributed by atoms with E-state index in [1.54, 1.807) is 6.33 Å². The Bertz CT molecular complexity index is 356. The zero-order chi connectivity index (χ0) is 13.5. The molecule has 108 valence electrons. The maximum absolute atomic E-state index is 4.40. The molecule has 1 aliphatic rings.